The normalized spacial score (nSPS) is 20.0. The lowest BCUT2D eigenvalue weighted by atomic mass is 9.75. The lowest BCUT2D eigenvalue weighted by Crippen LogP contribution is -2.31. The Kier molecular flexibility index (Phi) is 12.6. The van der Waals surface area contributed by atoms with Crippen molar-refractivity contribution in [1.29, 1.82) is 0 Å². The maximum atomic E-state index is 12.1. The number of aliphatic hydroxyl groups is 1. The summed E-state index contributed by atoms with van der Waals surface area (Å²) in [5.74, 6) is -0.0892. The Balaban J connectivity index is 2.60. The first-order chi connectivity index (χ1) is 13.9. The van der Waals surface area contributed by atoms with Gasteiger partial charge >= 0.3 is 11.9 Å². The van der Waals surface area contributed by atoms with Gasteiger partial charge in [0.15, 0.2) is 0 Å². The maximum absolute atomic E-state index is 12.1. The van der Waals surface area contributed by atoms with E-state index in [2.05, 4.69) is 20.1 Å². The number of carbonyl (C=O) groups is 2. The predicted molar refractivity (Wildman–Crippen MR) is 112 cm³/mol. The molecule has 0 aromatic carbocycles. The van der Waals surface area contributed by atoms with Crippen molar-refractivity contribution in [3.8, 4) is 0 Å². The number of hydrogen-bond donors (Lipinski definition) is 1. The third kappa shape index (κ3) is 9.59. The highest BCUT2D eigenvalue weighted by Crippen LogP contribution is 2.36. The highest BCUT2D eigenvalue weighted by Gasteiger charge is 2.30. The van der Waals surface area contributed by atoms with Gasteiger partial charge in [-0.25, -0.2) is 9.59 Å². The van der Waals surface area contributed by atoms with Crippen LogP contribution in [0.4, 0.5) is 0 Å². The fourth-order valence-corrected chi connectivity index (χ4v) is 3.82. The van der Waals surface area contributed by atoms with Crippen molar-refractivity contribution in [1.82, 2.24) is 0 Å². The van der Waals surface area contributed by atoms with Crippen molar-refractivity contribution in [2.45, 2.75) is 58.3 Å². The summed E-state index contributed by atoms with van der Waals surface area (Å²) in [7, 11) is 1.49. The molecule has 0 spiro atoms. The molecule has 1 aliphatic carbocycles. The van der Waals surface area contributed by atoms with E-state index in [0.29, 0.717) is 5.92 Å². The Morgan fingerprint density at radius 1 is 1.00 bits per heavy atom. The van der Waals surface area contributed by atoms with Crippen LogP contribution in [0.1, 0.15) is 58.3 Å². The van der Waals surface area contributed by atoms with Gasteiger partial charge in [0.1, 0.15) is 0 Å². The Morgan fingerprint density at radius 2 is 1.59 bits per heavy atom. The van der Waals surface area contributed by atoms with Crippen molar-refractivity contribution in [2.75, 3.05) is 33.5 Å². The third-order valence-corrected chi connectivity index (χ3v) is 5.72. The number of hydrogen-bond acceptors (Lipinski definition) is 6. The first kappa shape index (κ1) is 25.4. The lowest BCUT2D eigenvalue weighted by Gasteiger charge is -2.33. The smallest absolute Gasteiger partial charge is 0.335 e. The standard InChI is InChI=1S/C23H38O6/c1-5-6-7-8-19-9-11-20(12-10-19)21(15-28-22(25)17(2)13-24)16-29-23(26)18(3)14-27-4/h19-21,24H,2-3,5-16H2,1,4H3. The summed E-state index contributed by atoms with van der Waals surface area (Å²) in [5, 5.41) is 9.03. The summed E-state index contributed by atoms with van der Waals surface area (Å²) in [6.45, 7) is 9.38. The molecule has 1 aliphatic rings. The van der Waals surface area contributed by atoms with Crippen molar-refractivity contribution >= 4 is 11.9 Å². The van der Waals surface area contributed by atoms with E-state index in [1.54, 1.807) is 0 Å². The number of methoxy groups -OCH3 is 1. The van der Waals surface area contributed by atoms with Gasteiger partial charge in [0.25, 0.3) is 0 Å². The molecule has 0 bridgehead atoms. The molecule has 0 radical (unpaired) electrons. The summed E-state index contributed by atoms with van der Waals surface area (Å²) in [6.07, 6.45) is 9.49. The van der Waals surface area contributed by atoms with Gasteiger partial charge in [-0.1, -0.05) is 58.6 Å². The van der Waals surface area contributed by atoms with Crippen LogP contribution in [0.15, 0.2) is 24.3 Å². The Hall–Kier alpha value is -1.66. The quantitative estimate of drug-likeness (QED) is 0.266. The molecule has 0 aliphatic heterocycles. The molecule has 166 valence electrons. The summed E-state index contributed by atoms with van der Waals surface area (Å²) in [4.78, 5) is 23.9. The average Bonchev–Trinajstić information content (AvgIpc) is 2.73. The number of rotatable bonds is 14. The number of unbranched alkanes of at least 4 members (excludes halogenated alkanes) is 2. The molecule has 29 heavy (non-hydrogen) atoms. The molecule has 1 rings (SSSR count). The number of ether oxygens (including phenoxy) is 3. The second-order valence-electron chi connectivity index (χ2n) is 8.03. The van der Waals surface area contributed by atoms with Crippen molar-refractivity contribution in [3.63, 3.8) is 0 Å². The summed E-state index contributed by atoms with van der Waals surface area (Å²) in [6, 6.07) is 0. The Bertz CT molecular complexity index is 533. The van der Waals surface area contributed by atoms with E-state index in [1.807, 2.05) is 0 Å². The molecule has 1 N–H and O–H groups in total. The minimum atomic E-state index is -0.610. The third-order valence-electron chi connectivity index (χ3n) is 5.72. The van der Waals surface area contributed by atoms with Gasteiger partial charge in [-0.3, -0.25) is 0 Å². The minimum absolute atomic E-state index is 0.0221. The van der Waals surface area contributed by atoms with Crippen LogP contribution >= 0.6 is 0 Å². The fourth-order valence-electron chi connectivity index (χ4n) is 3.82. The van der Waals surface area contributed by atoms with Gasteiger partial charge in [0.05, 0.1) is 37.6 Å². The van der Waals surface area contributed by atoms with Crippen LogP contribution in [-0.4, -0.2) is 50.6 Å². The molecule has 0 aromatic rings. The van der Waals surface area contributed by atoms with E-state index < -0.39 is 18.5 Å². The van der Waals surface area contributed by atoms with Crippen LogP contribution in [0.2, 0.25) is 0 Å². The highest BCUT2D eigenvalue weighted by molar-refractivity contribution is 5.88. The van der Waals surface area contributed by atoms with E-state index in [4.69, 9.17) is 19.3 Å². The molecular weight excluding hydrogens is 372 g/mol. The molecule has 1 saturated carbocycles. The minimum Gasteiger partial charge on any atom is -0.462 e. The Labute approximate surface area is 175 Å². The molecule has 1 atom stereocenters. The van der Waals surface area contributed by atoms with E-state index in [-0.39, 0.29) is 36.9 Å². The van der Waals surface area contributed by atoms with Gasteiger partial charge in [0, 0.05) is 13.0 Å². The van der Waals surface area contributed by atoms with Gasteiger partial charge in [-0.2, -0.15) is 0 Å². The van der Waals surface area contributed by atoms with Crippen LogP contribution in [0.5, 0.6) is 0 Å². The van der Waals surface area contributed by atoms with Crippen molar-refractivity contribution < 1.29 is 28.9 Å². The summed E-state index contributed by atoms with van der Waals surface area (Å²) >= 11 is 0. The zero-order valence-corrected chi connectivity index (χ0v) is 18.1. The molecule has 6 heteroatoms. The van der Waals surface area contributed by atoms with Crippen molar-refractivity contribution in [2.24, 2.45) is 17.8 Å². The van der Waals surface area contributed by atoms with Crippen LogP contribution in [0.3, 0.4) is 0 Å². The van der Waals surface area contributed by atoms with E-state index in [1.165, 1.54) is 32.8 Å². The van der Waals surface area contributed by atoms with Gasteiger partial charge in [0.2, 0.25) is 0 Å². The highest BCUT2D eigenvalue weighted by atomic mass is 16.5. The van der Waals surface area contributed by atoms with E-state index >= 15 is 0 Å². The number of carbonyl (C=O) groups excluding carboxylic acids is 2. The Morgan fingerprint density at radius 3 is 2.10 bits per heavy atom. The molecular formula is C23H38O6. The summed E-state index contributed by atoms with van der Waals surface area (Å²) < 4.78 is 15.6. The molecule has 1 fully saturated rings. The van der Waals surface area contributed by atoms with Crippen LogP contribution in [0.25, 0.3) is 0 Å². The molecule has 0 heterocycles. The van der Waals surface area contributed by atoms with Crippen LogP contribution < -0.4 is 0 Å². The first-order valence-corrected chi connectivity index (χ1v) is 10.7. The number of aliphatic hydroxyl groups excluding tert-OH is 1. The van der Waals surface area contributed by atoms with Gasteiger partial charge < -0.3 is 19.3 Å². The zero-order valence-electron chi connectivity index (χ0n) is 18.1. The monoisotopic (exact) mass is 410 g/mol. The second-order valence-corrected chi connectivity index (χ2v) is 8.03. The van der Waals surface area contributed by atoms with Gasteiger partial charge in [-0.15, -0.1) is 0 Å². The van der Waals surface area contributed by atoms with Crippen LogP contribution in [-0.2, 0) is 23.8 Å². The zero-order chi connectivity index (χ0) is 21.6. The summed E-state index contributed by atoms with van der Waals surface area (Å²) in [5.41, 5.74) is 0.283. The molecule has 0 amide bonds. The van der Waals surface area contributed by atoms with Gasteiger partial charge in [-0.05, 0) is 24.7 Å². The second kappa shape index (κ2) is 14.3. The average molecular weight is 411 g/mol. The predicted octanol–water partition coefficient (Wildman–Crippen LogP) is 3.83. The molecule has 6 nitrogen and oxygen atoms in total. The first-order valence-electron chi connectivity index (χ1n) is 10.7. The largest absolute Gasteiger partial charge is 0.462 e. The molecule has 0 aromatic heterocycles. The molecule has 0 saturated heterocycles. The van der Waals surface area contributed by atoms with E-state index in [9.17, 15) is 9.59 Å². The molecule has 1 unspecified atom stereocenters. The lowest BCUT2D eigenvalue weighted by molar-refractivity contribution is -0.146. The van der Waals surface area contributed by atoms with Crippen LogP contribution in [0, 0.1) is 17.8 Å². The van der Waals surface area contributed by atoms with E-state index in [0.717, 1.165) is 31.6 Å². The topological polar surface area (TPSA) is 82.1 Å². The fraction of sp³-hybridized carbons (Fsp3) is 0.739. The van der Waals surface area contributed by atoms with Crippen molar-refractivity contribution in [3.05, 3.63) is 24.3 Å². The maximum Gasteiger partial charge on any atom is 0.335 e. The number of esters is 2. The SMILES string of the molecule is C=C(CO)C(=O)OCC(COC(=O)C(=C)COC)C1CCC(CCCCC)CC1.